The van der Waals surface area contributed by atoms with E-state index in [1.165, 1.54) is 32.1 Å². The minimum atomic E-state index is -1.30. The van der Waals surface area contributed by atoms with E-state index in [0.717, 1.165) is 49.2 Å². The van der Waals surface area contributed by atoms with E-state index in [1.807, 2.05) is 40.2 Å². The van der Waals surface area contributed by atoms with E-state index in [-0.39, 0.29) is 77.7 Å². The van der Waals surface area contributed by atoms with E-state index >= 15 is 0 Å². The largest absolute Gasteiger partial charge is 0.442 e. The maximum atomic E-state index is 14.6. The Labute approximate surface area is 381 Å². The van der Waals surface area contributed by atoms with Crippen LogP contribution >= 0.6 is 21.6 Å². The Hall–Kier alpha value is -2.69. The molecular weight excluding hydrogens is 827 g/mol. The van der Waals surface area contributed by atoms with E-state index in [2.05, 4.69) is 55.5 Å². The molecule has 5 saturated carbocycles. The summed E-state index contributed by atoms with van der Waals surface area (Å²) in [6.07, 6.45) is 21.2. The zero-order chi connectivity index (χ0) is 43.8. The molecule has 6 fully saturated rings. The average Bonchev–Trinajstić information content (AvgIpc) is 3.85. The Morgan fingerprint density at radius 3 is 2.65 bits per heavy atom. The maximum absolute atomic E-state index is 14.6. The quantitative estimate of drug-likeness (QED) is 0.0679. The van der Waals surface area contributed by atoms with Crippen molar-refractivity contribution in [2.75, 3.05) is 18.1 Å². The first kappa shape index (κ1) is 42.9. The van der Waals surface area contributed by atoms with E-state index < -0.39 is 34.6 Å². The number of fused-ring (bicyclic) bond motifs is 12. The molecule has 0 spiro atoms. The molecule has 0 aromatic carbocycles. The van der Waals surface area contributed by atoms with Gasteiger partial charge in [-0.3, -0.25) is 9.79 Å². The molecule has 17 atom stereocenters. The number of guanidine groups is 1. The number of aliphatic hydroxyl groups is 3. The van der Waals surface area contributed by atoms with Gasteiger partial charge in [-0.05, 0) is 129 Å². The fraction of sp³-hybridized carbons (Fsp3) is 0.745. The molecule has 0 radical (unpaired) electrons. The van der Waals surface area contributed by atoms with Crippen LogP contribution in [-0.2, 0) is 9.53 Å². The third-order valence-corrected chi connectivity index (χ3v) is 22.1. The summed E-state index contributed by atoms with van der Waals surface area (Å²) in [5, 5.41) is 36.7. The van der Waals surface area contributed by atoms with Gasteiger partial charge >= 0.3 is 0 Å². The van der Waals surface area contributed by atoms with Gasteiger partial charge in [0.1, 0.15) is 12.2 Å². The molecular formula is C51H69N5O5S2. The summed E-state index contributed by atoms with van der Waals surface area (Å²) in [6.45, 7) is 9.91. The van der Waals surface area contributed by atoms with Crippen molar-refractivity contribution in [3.63, 3.8) is 0 Å². The Morgan fingerprint density at radius 2 is 1.86 bits per heavy atom. The van der Waals surface area contributed by atoms with Crippen molar-refractivity contribution in [2.45, 2.75) is 141 Å². The molecule has 1 saturated heterocycles. The molecule has 2 aliphatic heterocycles. The molecule has 11 rings (SSSR count). The van der Waals surface area contributed by atoms with Crippen molar-refractivity contribution in [3.05, 3.63) is 52.7 Å². The number of ether oxygens (including phenoxy) is 1. The number of aliphatic hydroxyl groups excluding tert-OH is 2. The van der Waals surface area contributed by atoms with Gasteiger partial charge in [0.25, 0.3) is 0 Å². The third kappa shape index (κ3) is 6.41. The van der Waals surface area contributed by atoms with Gasteiger partial charge in [-0.25, -0.2) is 4.98 Å². The summed E-state index contributed by atoms with van der Waals surface area (Å²) in [4.78, 5) is 23.9. The van der Waals surface area contributed by atoms with Crippen molar-refractivity contribution in [3.8, 4) is 12.0 Å². The number of imidazole rings is 1. The van der Waals surface area contributed by atoms with Gasteiger partial charge < -0.3 is 36.1 Å². The van der Waals surface area contributed by atoms with Gasteiger partial charge in [0.2, 0.25) is 0 Å². The van der Waals surface area contributed by atoms with Crippen molar-refractivity contribution in [2.24, 2.45) is 91.9 Å². The molecule has 17 unspecified atom stereocenters. The molecule has 0 amide bonds. The van der Waals surface area contributed by atoms with E-state index in [4.69, 9.17) is 21.2 Å². The number of nitrogens with zero attached hydrogens (tertiary/aromatic N) is 3. The number of rotatable bonds is 3. The topological polar surface area (TPSA) is 169 Å². The van der Waals surface area contributed by atoms with Crippen LogP contribution in [0.15, 0.2) is 57.7 Å². The van der Waals surface area contributed by atoms with Crippen LogP contribution in [0.25, 0.3) is 0 Å². The SMILES string of the molecule is CC1(C)CC(n2ccnc2)CSSCC2CC(C3CC4CCCC5=C4C4C1=C1CC(CC#COC43)CCC51)C1(C)CC(CN=C(N)N)C3C(=CC(=O)C4CC(O)C(O)CC43C)C21O. The Kier molecular flexibility index (Phi) is 10.5. The number of hydrogen-bond donors (Lipinski definition) is 5. The second kappa shape index (κ2) is 15.4. The van der Waals surface area contributed by atoms with Crippen LogP contribution in [0.2, 0.25) is 0 Å². The summed E-state index contributed by atoms with van der Waals surface area (Å²) in [7, 11) is 3.79. The van der Waals surface area contributed by atoms with Crippen LogP contribution in [-0.4, -0.2) is 78.6 Å². The standard InChI is InChI=1S/C51H69N5O5S2/c1-48(2)21-31(56-13-12-54-26-56)25-63-62-24-30-17-36(35-16-28-8-5-9-33-32-11-10-27-7-6-14-61-46(35)43(42(28)33)45(48)34(32)15-27)50(4)20-29(23-55-47(52)53)44-38(51(30,50)60)19-39(57)37-18-40(58)41(59)22-49(37,44)3/h12-13,19,26-32,35-37,40-41,43-44,46,58-60H,5,7-11,15-18,20-25H2,1-4H3,(H4,52,53,55). The number of nitrogens with two attached hydrogens (primary N) is 2. The number of aliphatic imine (C=N–C) groups is 1. The summed E-state index contributed by atoms with van der Waals surface area (Å²) in [5.41, 5.74) is 17.1. The zero-order valence-corrected chi connectivity index (χ0v) is 39.3. The summed E-state index contributed by atoms with van der Waals surface area (Å²) >= 11 is 0. The molecule has 10 aliphatic rings. The van der Waals surface area contributed by atoms with Gasteiger partial charge in [0.15, 0.2) is 11.7 Å². The number of allylic oxidation sites excluding steroid dienone is 3. The second-order valence-electron chi connectivity index (χ2n) is 23.0. The predicted octanol–water partition coefficient (Wildman–Crippen LogP) is 7.37. The van der Waals surface area contributed by atoms with E-state index in [0.29, 0.717) is 30.7 Å². The van der Waals surface area contributed by atoms with Gasteiger partial charge in [-0.15, -0.1) is 0 Å². The first-order valence-corrected chi connectivity index (χ1v) is 26.8. The lowest BCUT2D eigenvalue weighted by atomic mass is 9.42. The van der Waals surface area contributed by atoms with Gasteiger partial charge in [0, 0.05) is 77.9 Å². The zero-order valence-electron chi connectivity index (χ0n) is 37.7. The van der Waals surface area contributed by atoms with Crippen molar-refractivity contribution < 1.29 is 24.9 Å². The lowest BCUT2D eigenvalue weighted by Crippen LogP contribution is -2.65. The molecule has 10 nitrogen and oxygen atoms in total. The van der Waals surface area contributed by atoms with Crippen molar-refractivity contribution >= 4 is 33.3 Å². The molecule has 3 heterocycles. The highest BCUT2D eigenvalue weighted by Crippen LogP contribution is 2.74. The third-order valence-electron chi connectivity index (χ3n) is 19.5. The second-order valence-corrected chi connectivity index (χ2v) is 25.6. The highest BCUT2D eigenvalue weighted by molar-refractivity contribution is 8.76. The molecule has 8 bridgehead atoms. The van der Waals surface area contributed by atoms with Gasteiger partial charge in [-0.1, -0.05) is 77.5 Å². The smallest absolute Gasteiger partial charge is 0.185 e. The fourth-order valence-corrected chi connectivity index (χ4v) is 20.0. The molecule has 1 aromatic heterocycles. The molecule has 8 aliphatic carbocycles. The predicted molar refractivity (Wildman–Crippen MR) is 249 cm³/mol. The van der Waals surface area contributed by atoms with Crippen LogP contribution in [0.4, 0.5) is 0 Å². The highest BCUT2D eigenvalue weighted by Gasteiger charge is 2.73. The maximum Gasteiger partial charge on any atom is 0.185 e. The number of carbonyl (C=O) groups is 1. The van der Waals surface area contributed by atoms with E-state index in [9.17, 15) is 20.1 Å². The fourth-order valence-electron chi connectivity index (χ4n) is 17.2. The normalized spacial score (nSPS) is 47.2. The molecule has 7 N–H and O–H groups in total. The lowest BCUT2D eigenvalue weighted by Gasteiger charge is -2.64. The molecule has 1 aromatic rings. The van der Waals surface area contributed by atoms with Gasteiger partial charge in [-0.2, -0.15) is 0 Å². The summed E-state index contributed by atoms with van der Waals surface area (Å²) in [5.74, 6) is 6.13. The summed E-state index contributed by atoms with van der Waals surface area (Å²) < 4.78 is 9.60. The molecule has 340 valence electrons. The minimum absolute atomic E-state index is 0.0323. The lowest BCUT2D eigenvalue weighted by molar-refractivity contribution is -0.170. The molecule has 12 heteroatoms. The van der Waals surface area contributed by atoms with Crippen LogP contribution in [0.3, 0.4) is 0 Å². The van der Waals surface area contributed by atoms with Crippen LogP contribution < -0.4 is 11.5 Å². The minimum Gasteiger partial charge on any atom is -0.442 e. The number of carbonyl (C=O) groups excluding carboxylic acids is 1. The van der Waals surface area contributed by atoms with Crippen LogP contribution in [0.5, 0.6) is 0 Å². The number of hydrogen-bond acceptors (Lipinski definition) is 9. The van der Waals surface area contributed by atoms with Crippen molar-refractivity contribution in [1.82, 2.24) is 9.55 Å². The molecule has 63 heavy (non-hydrogen) atoms. The van der Waals surface area contributed by atoms with Crippen LogP contribution in [0.1, 0.15) is 117 Å². The summed E-state index contributed by atoms with van der Waals surface area (Å²) in [6, 6.07) is 0.224. The number of ketones is 1. The Bertz CT molecular complexity index is 2220. The highest BCUT2D eigenvalue weighted by atomic mass is 33.1. The monoisotopic (exact) mass is 895 g/mol. The van der Waals surface area contributed by atoms with Crippen molar-refractivity contribution in [1.29, 1.82) is 0 Å². The van der Waals surface area contributed by atoms with E-state index in [1.54, 1.807) is 22.3 Å². The Morgan fingerprint density at radius 1 is 1.03 bits per heavy atom. The average molecular weight is 896 g/mol. The first-order valence-electron chi connectivity index (χ1n) is 24.4. The van der Waals surface area contributed by atoms with Crippen LogP contribution in [0, 0.1) is 87.5 Å². The number of aromatic nitrogens is 2. The first-order chi connectivity index (χ1) is 30.1. The Balaban J connectivity index is 1.12. The van der Waals surface area contributed by atoms with Gasteiger partial charge in [0.05, 0.1) is 24.1 Å².